The fraction of sp³-hybridized carbons (Fsp3) is 0.500. The van der Waals surface area contributed by atoms with Crippen LogP contribution in [-0.4, -0.2) is 12.6 Å². The van der Waals surface area contributed by atoms with Crippen molar-refractivity contribution in [3.8, 4) is 0 Å². The summed E-state index contributed by atoms with van der Waals surface area (Å²) in [6, 6.07) is 6.68. The van der Waals surface area contributed by atoms with Crippen LogP contribution in [-0.2, 0) is 11.3 Å². The van der Waals surface area contributed by atoms with E-state index in [1.165, 1.54) is 6.07 Å². The molecule has 0 saturated heterocycles. The minimum atomic E-state index is -0.205. The van der Waals surface area contributed by atoms with E-state index in [0.29, 0.717) is 18.7 Å². The van der Waals surface area contributed by atoms with E-state index in [1.807, 2.05) is 13.0 Å². The third kappa shape index (κ3) is 4.40. The zero-order valence-corrected chi connectivity index (χ0v) is 9.08. The Balaban J connectivity index is 2.33. The average molecular weight is 211 g/mol. The molecular weight excluding hydrogens is 193 g/mol. The first-order chi connectivity index (χ1) is 7.24. The molecule has 3 heteroatoms. The van der Waals surface area contributed by atoms with Crippen molar-refractivity contribution in [3.63, 3.8) is 0 Å². The number of benzene rings is 1. The molecule has 0 fully saturated rings. The second-order valence-corrected chi connectivity index (χ2v) is 3.64. The molecule has 1 atom stereocenters. The molecule has 0 bridgehead atoms. The van der Waals surface area contributed by atoms with Gasteiger partial charge in [0.15, 0.2) is 0 Å². The van der Waals surface area contributed by atoms with Crippen molar-refractivity contribution in [1.82, 2.24) is 0 Å². The summed E-state index contributed by atoms with van der Waals surface area (Å²) >= 11 is 0. The third-order valence-electron chi connectivity index (χ3n) is 2.30. The number of hydrogen-bond donors (Lipinski definition) is 1. The van der Waals surface area contributed by atoms with Gasteiger partial charge in [-0.15, -0.1) is 0 Å². The predicted octanol–water partition coefficient (Wildman–Crippen LogP) is 2.47. The van der Waals surface area contributed by atoms with Gasteiger partial charge in [0.05, 0.1) is 12.7 Å². The van der Waals surface area contributed by atoms with Crippen LogP contribution in [0.1, 0.15) is 25.3 Å². The topological polar surface area (TPSA) is 35.2 Å². The largest absolute Gasteiger partial charge is 0.374 e. The lowest BCUT2D eigenvalue weighted by atomic mass is 10.2. The SMILES string of the molecule is CC(CCCN)OCc1ccccc1F. The van der Waals surface area contributed by atoms with E-state index >= 15 is 0 Å². The average Bonchev–Trinajstić information content (AvgIpc) is 2.25. The minimum absolute atomic E-state index is 0.133. The Labute approximate surface area is 90.2 Å². The summed E-state index contributed by atoms with van der Waals surface area (Å²) < 4.78 is 18.7. The molecule has 1 aromatic rings. The van der Waals surface area contributed by atoms with Crippen molar-refractivity contribution >= 4 is 0 Å². The summed E-state index contributed by atoms with van der Waals surface area (Å²) in [4.78, 5) is 0. The quantitative estimate of drug-likeness (QED) is 0.784. The van der Waals surface area contributed by atoms with Crippen molar-refractivity contribution in [2.75, 3.05) is 6.54 Å². The highest BCUT2D eigenvalue weighted by atomic mass is 19.1. The molecule has 0 saturated carbocycles. The third-order valence-corrected chi connectivity index (χ3v) is 2.30. The Bertz CT molecular complexity index is 291. The molecule has 1 aromatic carbocycles. The first-order valence-corrected chi connectivity index (χ1v) is 5.29. The Hall–Kier alpha value is -0.930. The van der Waals surface area contributed by atoms with E-state index in [2.05, 4.69) is 0 Å². The molecule has 0 heterocycles. The highest BCUT2D eigenvalue weighted by Gasteiger charge is 2.04. The van der Waals surface area contributed by atoms with Crippen LogP contribution in [0.4, 0.5) is 4.39 Å². The second kappa shape index (κ2) is 6.53. The molecule has 84 valence electrons. The summed E-state index contributed by atoms with van der Waals surface area (Å²) in [5, 5.41) is 0. The Morgan fingerprint density at radius 3 is 2.80 bits per heavy atom. The van der Waals surface area contributed by atoms with Gasteiger partial charge in [0.25, 0.3) is 0 Å². The summed E-state index contributed by atoms with van der Waals surface area (Å²) in [5.74, 6) is -0.205. The van der Waals surface area contributed by atoms with Crippen LogP contribution in [0.2, 0.25) is 0 Å². The Kier molecular flexibility index (Phi) is 5.29. The molecule has 0 spiro atoms. The van der Waals surface area contributed by atoms with Gasteiger partial charge in [-0.1, -0.05) is 18.2 Å². The van der Waals surface area contributed by atoms with E-state index in [1.54, 1.807) is 12.1 Å². The normalized spacial score (nSPS) is 12.7. The van der Waals surface area contributed by atoms with E-state index in [9.17, 15) is 4.39 Å². The number of halogens is 1. The van der Waals surface area contributed by atoms with Crippen LogP contribution in [0.25, 0.3) is 0 Å². The molecule has 0 radical (unpaired) electrons. The van der Waals surface area contributed by atoms with E-state index in [-0.39, 0.29) is 11.9 Å². The smallest absolute Gasteiger partial charge is 0.128 e. The molecule has 1 unspecified atom stereocenters. The highest BCUT2D eigenvalue weighted by Crippen LogP contribution is 2.10. The van der Waals surface area contributed by atoms with E-state index in [4.69, 9.17) is 10.5 Å². The van der Waals surface area contributed by atoms with Crippen LogP contribution in [0.3, 0.4) is 0 Å². The van der Waals surface area contributed by atoms with Crippen LogP contribution in [0.15, 0.2) is 24.3 Å². The number of hydrogen-bond acceptors (Lipinski definition) is 2. The molecule has 2 nitrogen and oxygen atoms in total. The predicted molar refractivity (Wildman–Crippen MR) is 58.9 cm³/mol. The fourth-order valence-electron chi connectivity index (χ4n) is 1.34. The summed E-state index contributed by atoms with van der Waals surface area (Å²) in [6.07, 6.45) is 2.00. The summed E-state index contributed by atoms with van der Waals surface area (Å²) in [7, 11) is 0. The van der Waals surface area contributed by atoms with Crippen molar-refractivity contribution < 1.29 is 9.13 Å². The standard InChI is InChI=1S/C12H18FNO/c1-10(5-4-8-14)15-9-11-6-2-3-7-12(11)13/h2-3,6-7,10H,4-5,8-9,14H2,1H3. The van der Waals surface area contributed by atoms with Gasteiger partial charge in [0, 0.05) is 5.56 Å². The summed E-state index contributed by atoms with van der Waals surface area (Å²) in [5.41, 5.74) is 6.00. The molecular formula is C12H18FNO. The second-order valence-electron chi connectivity index (χ2n) is 3.64. The maximum absolute atomic E-state index is 13.2. The first-order valence-electron chi connectivity index (χ1n) is 5.29. The van der Waals surface area contributed by atoms with E-state index < -0.39 is 0 Å². The van der Waals surface area contributed by atoms with Crippen molar-refractivity contribution in [2.24, 2.45) is 5.73 Å². The molecule has 1 rings (SSSR count). The molecule has 0 aliphatic rings. The molecule has 0 aliphatic heterocycles. The lowest BCUT2D eigenvalue weighted by molar-refractivity contribution is 0.0452. The highest BCUT2D eigenvalue weighted by molar-refractivity contribution is 5.16. The van der Waals surface area contributed by atoms with Crippen LogP contribution < -0.4 is 5.73 Å². The van der Waals surface area contributed by atoms with Crippen LogP contribution in [0.5, 0.6) is 0 Å². The van der Waals surface area contributed by atoms with Crippen LogP contribution >= 0.6 is 0 Å². The lowest BCUT2D eigenvalue weighted by Crippen LogP contribution is -2.11. The number of ether oxygens (including phenoxy) is 1. The number of nitrogens with two attached hydrogens (primary N) is 1. The summed E-state index contributed by atoms with van der Waals surface area (Å²) in [6.45, 7) is 2.99. The maximum atomic E-state index is 13.2. The Morgan fingerprint density at radius 1 is 1.40 bits per heavy atom. The lowest BCUT2D eigenvalue weighted by Gasteiger charge is -2.12. The van der Waals surface area contributed by atoms with Crippen molar-refractivity contribution in [1.29, 1.82) is 0 Å². The Morgan fingerprint density at radius 2 is 2.13 bits per heavy atom. The first kappa shape index (κ1) is 12.1. The fourth-order valence-corrected chi connectivity index (χ4v) is 1.34. The minimum Gasteiger partial charge on any atom is -0.374 e. The van der Waals surface area contributed by atoms with Gasteiger partial charge in [-0.3, -0.25) is 0 Å². The zero-order valence-electron chi connectivity index (χ0n) is 9.08. The van der Waals surface area contributed by atoms with Gasteiger partial charge < -0.3 is 10.5 Å². The van der Waals surface area contributed by atoms with Crippen LogP contribution in [0, 0.1) is 5.82 Å². The van der Waals surface area contributed by atoms with Gasteiger partial charge in [0.1, 0.15) is 5.82 Å². The van der Waals surface area contributed by atoms with Gasteiger partial charge in [-0.25, -0.2) is 4.39 Å². The molecule has 2 N–H and O–H groups in total. The zero-order chi connectivity index (χ0) is 11.1. The molecule has 0 aliphatic carbocycles. The van der Waals surface area contributed by atoms with Gasteiger partial charge in [-0.05, 0) is 32.4 Å². The monoisotopic (exact) mass is 211 g/mol. The van der Waals surface area contributed by atoms with Crippen molar-refractivity contribution in [2.45, 2.75) is 32.5 Å². The number of rotatable bonds is 6. The molecule has 15 heavy (non-hydrogen) atoms. The molecule has 0 amide bonds. The van der Waals surface area contributed by atoms with Gasteiger partial charge in [-0.2, -0.15) is 0 Å². The molecule has 0 aromatic heterocycles. The van der Waals surface area contributed by atoms with Crippen molar-refractivity contribution in [3.05, 3.63) is 35.6 Å². The van der Waals surface area contributed by atoms with Gasteiger partial charge >= 0.3 is 0 Å². The van der Waals surface area contributed by atoms with E-state index in [0.717, 1.165) is 12.8 Å². The van der Waals surface area contributed by atoms with Gasteiger partial charge in [0.2, 0.25) is 0 Å². The maximum Gasteiger partial charge on any atom is 0.128 e.